The van der Waals surface area contributed by atoms with Gasteiger partial charge in [-0.05, 0) is 35.8 Å². The molecule has 1 aliphatic rings. The van der Waals surface area contributed by atoms with Crippen molar-refractivity contribution in [3.05, 3.63) is 53.4 Å². The van der Waals surface area contributed by atoms with Crippen LogP contribution in [0.1, 0.15) is 25.3 Å². The molecule has 0 atom stereocenters. The van der Waals surface area contributed by atoms with E-state index in [0.717, 1.165) is 46.5 Å². The molecule has 5 rings (SSSR count). The highest BCUT2D eigenvalue weighted by Gasteiger charge is 2.23. The van der Waals surface area contributed by atoms with Gasteiger partial charge >= 0.3 is 0 Å². The highest BCUT2D eigenvalue weighted by atomic mass is 32.1. The van der Waals surface area contributed by atoms with Crippen molar-refractivity contribution < 1.29 is 0 Å². The van der Waals surface area contributed by atoms with Gasteiger partial charge in [0.25, 0.3) is 0 Å². The number of aromatic nitrogens is 4. The molecule has 2 N–H and O–H groups in total. The predicted octanol–water partition coefficient (Wildman–Crippen LogP) is 4.42. The van der Waals surface area contributed by atoms with Gasteiger partial charge in [-0.2, -0.15) is 4.98 Å². The lowest BCUT2D eigenvalue weighted by molar-refractivity contribution is 0.435. The Morgan fingerprint density at radius 2 is 1.86 bits per heavy atom. The second-order valence-electron chi connectivity index (χ2n) is 7.75. The number of piperidine rings is 1. The molecule has 0 amide bonds. The summed E-state index contributed by atoms with van der Waals surface area (Å²) in [6.45, 7) is 4.89. The second-order valence-corrected chi connectivity index (χ2v) is 8.69. The zero-order chi connectivity index (χ0) is 19.8. The van der Waals surface area contributed by atoms with Crippen molar-refractivity contribution in [3.8, 4) is 10.6 Å². The molecular weight excluding hydrogens is 380 g/mol. The van der Waals surface area contributed by atoms with Crippen LogP contribution in [0.3, 0.4) is 0 Å². The van der Waals surface area contributed by atoms with Crippen LogP contribution in [-0.2, 0) is 6.54 Å². The first-order valence-electron chi connectivity index (χ1n) is 10.1. The van der Waals surface area contributed by atoms with Crippen LogP contribution in [0.25, 0.3) is 21.6 Å². The van der Waals surface area contributed by atoms with Gasteiger partial charge in [0.1, 0.15) is 5.82 Å². The van der Waals surface area contributed by atoms with Gasteiger partial charge in [0.2, 0.25) is 5.95 Å². The molecular formula is C22H24N6S. The summed E-state index contributed by atoms with van der Waals surface area (Å²) in [6, 6.07) is 14.4. The summed E-state index contributed by atoms with van der Waals surface area (Å²) in [5.74, 6) is 2.13. The normalized spacial score (nSPS) is 15.3. The van der Waals surface area contributed by atoms with E-state index in [-0.39, 0.29) is 0 Å². The van der Waals surface area contributed by atoms with Gasteiger partial charge in [-0.15, -0.1) is 16.4 Å². The monoisotopic (exact) mass is 404 g/mol. The molecule has 7 heteroatoms. The quantitative estimate of drug-likeness (QED) is 0.545. The summed E-state index contributed by atoms with van der Waals surface area (Å²) in [5, 5.41) is 7.68. The van der Waals surface area contributed by atoms with Gasteiger partial charge in [-0.3, -0.25) is 0 Å². The maximum atomic E-state index is 6.55. The van der Waals surface area contributed by atoms with Crippen LogP contribution in [0.15, 0.2) is 47.8 Å². The van der Waals surface area contributed by atoms with Crippen molar-refractivity contribution in [2.24, 2.45) is 5.92 Å². The van der Waals surface area contributed by atoms with E-state index in [1.165, 1.54) is 12.8 Å². The summed E-state index contributed by atoms with van der Waals surface area (Å²) in [7, 11) is 0. The first kappa shape index (κ1) is 18.1. The summed E-state index contributed by atoms with van der Waals surface area (Å²) >= 11 is 1.67. The van der Waals surface area contributed by atoms with Crippen molar-refractivity contribution in [1.82, 2.24) is 19.7 Å². The maximum absolute atomic E-state index is 6.55. The first-order valence-corrected chi connectivity index (χ1v) is 10.9. The molecule has 148 valence electrons. The topological polar surface area (TPSA) is 72.9 Å². The minimum Gasteiger partial charge on any atom is -0.383 e. The highest BCUT2D eigenvalue weighted by Crippen LogP contribution is 2.35. The number of nitrogen functional groups attached to an aromatic ring is 1. The Bertz CT molecular complexity index is 1110. The molecule has 0 saturated carbocycles. The third kappa shape index (κ3) is 3.46. The van der Waals surface area contributed by atoms with Crippen LogP contribution in [0, 0.1) is 5.92 Å². The summed E-state index contributed by atoms with van der Waals surface area (Å²) < 4.78 is 1.84. The third-order valence-corrected chi connectivity index (χ3v) is 6.50. The van der Waals surface area contributed by atoms with Crippen molar-refractivity contribution in [2.75, 3.05) is 23.7 Å². The van der Waals surface area contributed by atoms with E-state index in [1.54, 1.807) is 11.3 Å². The van der Waals surface area contributed by atoms with Crippen molar-refractivity contribution >= 4 is 34.1 Å². The number of rotatable bonds is 4. The number of nitrogens with two attached hydrogens (primary N) is 1. The largest absolute Gasteiger partial charge is 0.383 e. The number of benzene rings is 1. The highest BCUT2D eigenvalue weighted by molar-refractivity contribution is 7.13. The fourth-order valence-electron chi connectivity index (χ4n) is 3.86. The van der Waals surface area contributed by atoms with Crippen molar-refractivity contribution in [2.45, 2.75) is 26.3 Å². The van der Waals surface area contributed by atoms with Crippen molar-refractivity contribution in [3.63, 3.8) is 0 Å². The zero-order valence-electron chi connectivity index (χ0n) is 16.5. The fraction of sp³-hybridized carbons (Fsp3) is 0.318. The number of fused-ring (bicyclic) bond motifs is 1. The van der Waals surface area contributed by atoms with E-state index >= 15 is 0 Å². The number of hydrogen-bond acceptors (Lipinski definition) is 6. The molecule has 1 fully saturated rings. The molecule has 4 aromatic rings. The van der Waals surface area contributed by atoms with Gasteiger partial charge < -0.3 is 10.6 Å². The van der Waals surface area contributed by atoms with E-state index < -0.39 is 0 Å². The summed E-state index contributed by atoms with van der Waals surface area (Å²) in [6.07, 6.45) is 2.33. The Morgan fingerprint density at radius 1 is 1.07 bits per heavy atom. The number of thiophene rings is 1. The summed E-state index contributed by atoms with van der Waals surface area (Å²) in [4.78, 5) is 13.2. The Morgan fingerprint density at radius 3 is 2.59 bits per heavy atom. The molecule has 0 aliphatic carbocycles. The Balaban J connectivity index is 1.62. The molecule has 0 radical (unpaired) electrons. The van der Waals surface area contributed by atoms with Gasteiger partial charge in [0.05, 0.1) is 22.5 Å². The number of hydrogen-bond donors (Lipinski definition) is 1. The molecule has 6 nitrogen and oxygen atoms in total. The van der Waals surface area contributed by atoms with E-state index in [9.17, 15) is 0 Å². The molecule has 4 heterocycles. The minimum absolute atomic E-state index is 0.615. The van der Waals surface area contributed by atoms with E-state index in [1.807, 2.05) is 28.9 Å². The molecule has 0 unspecified atom stereocenters. The number of anilines is 2. The average molecular weight is 405 g/mol. The van der Waals surface area contributed by atoms with Gasteiger partial charge in [0.15, 0.2) is 5.65 Å². The Kier molecular flexibility index (Phi) is 4.67. The fourth-order valence-corrected chi connectivity index (χ4v) is 4.58. The second kappa shape index (κ2) is 7.48. The van der Waals surface area contributed by atoms with Gasteiger partial charge in [-0.1, -0.05) is 43.3 Å². The van der Waals surface area contributed by atoms with Gasteiger partial charge in [-0.25, -0.2) is 9.67 Å². The maximum Gasteiger partial charge on any atom is 0.228 e. The molecule has 1 saturated heterocycles. The van der Waals surface area contributed by atoms with Crippen molar-refractivity contribution in [1.29, 1.82) is 0 Å². The SMILES string of the molecule is CC1CCN(c2nc(-c3cccs3)c3c(N)n(Cc4ccccc4)nc3n2)CC1. The van der Waals surface area contributed by atoms with E-state index in [0.29, 0.717) is 18.0 Å². The van der Waals surface area contributed by atoms with Crippen LogP contribution in [0.5, 0.6) is 0 Å². The Hall–Kier alpha value is -2.93. The van der Waals surface area contributed by atoms with Crippen LogP contribution in [0.4, 0.5) is 11.8 Å². The molecule has 0 spiro atoms. The molecule has 0 bridgehead atoms. The lowest BCUT2D eigenvalue weighted by Gasteiger charge is -2.30. The lowest BCUT2D eigenvalue weighted by atomic mass is 10.00. The standard InChI is InChI=1S/C22H24N6S/c1-15-9-11-27(12-10-15)22-24-19(17-8-5-13-29-17)18-20(23)28(26-21(18)25-22)14-16-6-3-2-4-7-16/h2-8,13,15H,9-12,14,23H2,1H3. The van der Waals surface area contributed by atoms with E-state index in [4.69, 9.17) is 20.8 Å². The number of nitrogens with zero attached hydrogens (tertiary/aromatic N) is 5. The first-order chi connectivity index (χ1) is 14.2. The average Bonchev–Trinajstić information content (AvgIpc) is 3.38. The molecule has 1 aromatic carbocycles. The van der Waals surface area contributed by atoms with E-state index in [2.05, 4.69) is 35.4 Å². The van der Waals surface area contributed by atoms with Crippen LogP contribution in [-0.4, -0.2) is 32.8 Å². The smallest absolute Gasteiger partial charge is 0.228 e. The lowest BCUT2D eigenvalue weighted by Crippen LogP contribution is -2.34. The molecule has 3 aromatic heterocycles. The molecule has 29 heavy (non-hydrogen) atoms. The van der Waals surface area contributed by atoms with Crippen LogP contribution in [0.2, 0.25) is 0 Å². The Labute approximate surface area is 174 Å². The summed E-state index contributed by atoms with van der Waals surface area (Å²) in [5.41, 5.74) is 9.26. The van der Waals surface area contributed by atoms with Crippen LogP contribution < -0.4 is 10.6 Å². The third-order valence-electron chi connectivity index (χ3n) is 5.62. The molecule has 1 aliphatic heterocycles. The zero-order valence-corrected chi connectivity index (χ0v) is 17.3. The van der Waals surface area contributed by atoms with Crippen LogP contribution >= 0.6 is 11.3 Å². The predicted molar refractivity (Wildman–Crippen MR) is 119 cm³/mol. The minimum atomic E-state index is 0.615. The van der Waals surface area contributed by atoms with Gasteiger partial charge in [0, 0.05) is 13.1 Å².